The normalized spacial score (nSPS) is 32.7. The molecule has 0 radical (unpaired) electrons. The van der Waals surface area contributed by atoms with Crippen LogP contribution in [0.15, 0.2) is 5.18 Å². The molecular formula is C12H23NO5. The van der Waals surface area contributed by atoms with Gasteiger partial charge in [0.25, 0.3) is 0 Å². The van der Waals surface area contributed by atoms with Gasteiger partial charge in [-0.05, 0) is 18.3 Å². The van der Waals surface area contributed by atoms with Gasteiger partial charge in [0.05, 0.1) is 6.10 Å². The highest BCUT2D eigenvalue weighted by Crippen LogP contribution is 2.42. The predicted octanol–water partition coefficient (Wildman–Crippen LogP) is 2.30. The van der Waals surface area contributed by atoms with E-state index in [9.17, 15) is 10.0 Å². The topological polar surface area (TPSA) is 88.4 Å². The van der Waals surface area contributed by atoms with E-state index in [2.05, 4.69) is 23.9 Å². The molecule has 0 aliphatic carbocycles. The highest BCUT2D eigenvalue weighted by atomic mass is 17.1. The first-order valence-electron chi connectivity index (χ1n) is 6.50. The number of aliphatic hydroxyl groups is 1. The third-order valence-corrected chi connectivity index (χ3v) is 3.77. The van der Waals surface area contributed by atoms with Crippen molar-refractivity contribution in [2.45, 2.75) is 71.0 Å². The minimum Gasteiger partial charge on any atom is -0.388 e. The number of nitroso groups, excluding NO2 is 1. The summed E-state index contributed by atoms with van der Waals surface area (Å²) in [4.78, 5) is 14.8. The van der Waals surface area contributed by atoms with E-state index in [1.54, 1.807) is 0 Å². The average Bonchev–Trinajstić information content (AvgIpc) is 2.66. The highest BCUT2D eigenvalue weighted by molar-refractivity contribution is 4.99. The average molecular weight is 261 g/mol. The largest absolute Gasteiger partial charge is 0.388 e. The SMILES string of the molecule is CCCC(C)(CCC)C1OC(OO)C(N=O)C1O. The van der Waals surface area contributed by atoms with Crippen LogP contribution in [0.5, 0.6) is 0 Å². The fourth-order valence-electron chi connectivity index (χ4n) is 2.97. The molecule has 0 spiro atoms. The van der Waals surface area contributed by atoms with Gasteiger partial charge in [-0.2, -0.15) is 4.91 Å². The van der Waals surface area contributed by atoms with Crippen LogP contribution in [-0.4, -0.2) is 34.9 Å². The van der Waals surface area contributed by atoms with Crippen LogP contribution in [0.1, 0.15) is 46.5 Å². The Morgan fingerprint density at radius 3 is 2.22 bits per heavy atom. The standard InChI is InChI=1S/C12H23NO5/c1-4-6-12(3,7-5-2)10-9(14)8(13-15)11(17-10)18-16/h8-11,14,16H,4-7H2,1-3H3. The lowest BCUT2D eigenvalue weighted by molar-refractivity contribution is -0.346. The summed E-state index contributed by atoms with van der Waals surface area (Å²) in [5, 5.41) is 21.6. The van der Waals surface area contributed by atoms with Gasteiger partial charge in [0.15, 0.2) is 6.04 Å². The van der Waals surface area contributed by atoms with Crippen molar-refractivity contribution in [3.05, 3.63) is 4.91 Å². The molecule has 0 aromatic rings. The molecule has 4 unspecified atom stereocenters. The molecule has 1 aliphatic rings. The van der Waals surface area contributed by atoms with E-state index in [0.717, 1.165) is 25.7 Å². The molecule has 106 valence electrons. The monoisotopic (exact) mass is 261 g/mol. The van der Waals surface area contributed by atoms with Crippen LogP contribution in [0.25, 0.3) is 0 Å². The lowest BCUT2D eigenvalue weighted by atomic mass is 9.74. The molecule has 1 heterocycles. The Bertz CT molecular complexity index is 267. The molecule has 1 aliphatic heterocycles. The zero-order valence-electron chi connectivity index (χ0n) is 11.2. The smallest absolute Gasteiger partial charge is 0.220 e. The molecule has 0 amide bonds. The molecule has 2 N–H and O–H groups in total. The molecule has 0 aromatic heterocycles. The third kappa shape index (κ3) is 2.88. The number of rotatable bonds is 7. The Hall–Kier alpha value is -0.560. The minimum atomic E-state index is -1.17. The van der Waals surface area contributed by atoms with Crippen molar-refractivity contribution in [1.29, 1.82) is 0 Å². The van der Waals surface area contributed by atoms with Gasteiger partial charge in [0, 0.05) is 0 Å². The second-order valence-electron chi connectivity index (χ2n) is 5.27. The van der Waals surface area contributed by atoms with Crippen molar-refractivity contribution >= 4 is 0 Å². The van der Waals surface area contributed by atoms with Crippen molar-refractivity contribution in [2.24, 2.45) is 10.6 Å². The summed E-state index contributed by atoms with van der Waals surface area (Å²) in [6, 6.07) is -1.08. The Morgan fingerprint density at radius 1 is 1.33 bits per heavy atom. The zero-order chi connectivity index (χ0) is 13.8. The van der Waals surface area contributed by atoms with Crippen molar-refractivity contribution < 1.29 is 20.0 Å². The van der Waals surface area contributed by atoms with Crippen molar-refractivity contribution in [3.8, 4) is 0 Å². The summed E-state index contributed by atoms with van der Waals surface area (Å²) in [5.41, 5.74) is -0.251. The highest BCUT2D eigenvalue weighted by Gasteiger charge is 2.52. The minimum absolute atomic E-state index is 0.251. The predicted molar refractivity (Wildman–Crippen MR) is 65.9 cm³/mol. The van der Waals surface area contributed by atoms with Crippen LogP contribution < -0.4 is 0 Å². The molecule has 1 fully saturated rings. The van der Waals surface area contributed by atoms with E-state index in [-0.39, 0.29) is 5.41 Å². The Balaban J connectivity index is 2.89. The van der Waals surface area contributed by atoms with Crippen molar-refractivity contribution in [3.63, 3.8) is 0 Å². The maximum absolute atomic E-state index is 10.7. The first-order valence-corrected chi connectivity index (χ1v) is 6.50. The summed E-state index contributed by atoms with van der Waals surface area (Å²) >= 11 is 0. The van der Waals surface area contributed by atoms with Gasteiger partial charge in [-0.3, -0.25) is 0 Å². The molecule has 0 aromatic carbocycles. The van der Waals surface area contributed by atoms with Crippen LogP contribution in [0, 0.1) is 10.3 Å². The number of nitrogens with zero attached hydrogens (tertiary/aromatic N) is 1. The van der Waals surface area contributed by atoms with Gasteiger partial charge in [-0.15, -0.1) is 0 Å². The van der Waals surface area contributed by atoms with Crippen LogP contribution in [0.2, 0.25) is 0 Å². The fourth-order valence-corrected chi connectivity index (χ4v) is 2.97. The fraction of sp³-hybridized carbons (Fsp3) is 1.00. The van der Waals surface area contributed by atoms with E-state index >= 15 is 0 Å². The summed E-state index contributed by atoms with van der Waals surface area (Å²) in [6.07, 6.45) is 0.883. The summed E-state index contributed by atoms with van der Waals surface area (Å²) < 4.78 is 5.48. The molecule has 1 rings (SSSR count). The van der Waals surface area contributed by atoms with Crippen LogP contribution in [0.4, 0.5) is 0 Å². The quantitative estimate of drug-likeness (QED) is 0.417. The maximum atomic E-state index is 10.7. The second-order valence-corrected chi connectivity index (χ2v) is 5.27. The van der Waals surface area contributed by atoms with Crippen LogP contribution in [-0.2, 0) is 9.62 Å². The van der Waals surface area contributed by atoms with E-state index < -0.39 is 24.5 Å². The molecule has 0 saturated carbocycles. The Morgan fingerprint density at radius 2 is 1.89 bits per heavy atom. The molecule has 4 atom stereocenters. The molecule has 6 heteroatoms. The Labute approximate surface area is 107 Å². The number of aliphatic hydroxyl groups excluding tert-OH is 1. The molecular weight excluding hydrogens is 238 g/mol. The third-order valence-electron chi connectivity index (χ3n) is 3.77. The van der Waals surface area contributed by atoms with Gasteiger partial charge in [-0.25, -0.2) is 10.1 Å². The molecule has 18 heavy (non-hydrogen) atoms. The van der Waals surface area contributed by atoms with Crippen molar-refractivity contribution in [1.82, 2.24) is 0 Å². The molecule has 0 bridgehead atoms. The summed E-state index contributed by atoms with van der Waals surface area (Å²) in [6.45, 7) is 6.14. The van der Waals surface area contributed by atoms with E-state index in [1.165, 1.54) is 0 Å². The number of hydrogen-bond donors (Lipinski definition) is 2. The maximum Gasteiger partial charge on any atom is 0.220 e. The van der Waals surface area contributed by atoms with Crippen LogP contribution >= 0.6 is 0 Å². The van der Waals surface area contributed by atoms with Gasteiger partial charge in [0.2, 0.25) is 6.29 Å². The van der Waals surface area contributed by atoms with Crippen LogP contribution in [0.3, 0.4) is 0 Å². The lowest BCUT2D eigenvalue weighted by Crippen LogP contribution is -2.41. The van der Waals surface area contributed by atoms with Gasteiger partial charge < -0.3 is 9.84 Å². The van der Waals surface area contributed by atoms with Gasteiger partial charge in [-0.1, -0.05) is 38.8 Å². The summed E-state index contributed by atoms with van der Waals surface area (Å²) in [5.74, 6) is 0. The van der Waals surface area contributed by atoms with Crippen molar-refractivity contribution in [2.75, 3.05) is 0 Å². The second kappa shape index (κ2) is 6.56. The molecule has 1 saturated heterocycles. The first kappa shape index (κ1) is 15.5. The van der Waals surface area contributed by atoms with E-state index in [4.69, 9.17) is 9.99 Å². The Kier molecular flexibility index (Phi) is 5.65. The molecule has 6 nitrogen and oxygen atoms in total. The lowest BCUT2D eigenvalue weighted by Gasteiger charge is -2.36. The number of ether oxygens (including phenoxy) is 1. The van der Waals surface area contributed by atoms with Gasteiger partial charge in [0.1, 0.15) is 6.10 Å². The van der Waals surface area contributed by atoms with Gasteiger partial charge >= 0.3 is 0 Å². The van der Waals surface area contributed by atoms with E-state index in [0.29, 0.717) is 0 Å². The first-order chi connectivity index (χ1) is 8.53. The zero-order valence-corrected chi connectivity index (χ0v) is 11.2. The number of hydrogen-bond acceptors (Lipinski definition) is 6. The van der Waals surface area contributed by atoms with E-state index in [1.807, 2.05) is 6.92 Å². The summed E-state index contributed by atoms with van der Waals surface area (Å²) in [7, 11) is 0.